The van der Waals surface area contributed by atoms with Gasteiger partial charge in [-0.15, -0.1) is 0 Å². The van der Waals surface area contributed by atoms with Crippen molar-refractivity contribution in [1.29, 1.82) is 0 Å². The Morgan fingerprint density at radius 1 is 1.78 bits per heavy atom. The average molecular weight is 122 g/mol. The first-order chi connectivity index (χ1) is 4.22. The van der Waals surface area contributed by atoms with E-state index in [9.17, 15) is 4.79 Å². The summed E-state index contributed by atoms with van der Waals surface area (Å²) in [7, 11) is 0. The van der Waals surface area contributed by atoms with Gasteiger partial charge in [0, 0.05) is 6.92 Å². The summed E-state index contributed by atoms with van der Waals surface area (Å²) in [6.45, 7) is 6.65. The quantitative estimate of drug-likeness (QED) is 0.528. The zero-order chi connectivity index (χ0) is 6.85. The summed E-state index contributed by atoms with van der Waals surface area (Å²) in [6, 6.07) is 1.55. The third-order valence-electron chi connectivity index (χ3n) is 1.12. The van der Waals surface area contributed by atoms with Crippen molar-refractivity contribution in [3.63, 3.8) is 0 Å². The van der Waals surface area contributed by atoms with Gasteiger partial charge >= 0.3 is 0 Å². The molecule has 0 aliphatic rings. The van der Waals surface area contributed by atoms with E-state index >= 15 is 0 Å². The topological polar surface area (TPSA) is 30.2 Å². The van der Waals surface area contributed by atoms with Gasteiger partial charge in [-0.1, -0.05) is 0 Å². The van der Waals surface area contributed by atoms with E-state index in [1.807, 2.05) is 0 Å². The van der Waals surface area contributed by atoms with Crippen molar-refractivity contribution >= 4 is 5.78 Å². The van der Waals surface area contributed by atoms with Crippen molar-refractivity contribution in [3.05, 3.63) is 30.6 Å². The Bertz CT molecular complexity index is 223. The van der Waals surface area contributed by atoms with Crippen LogP contribution in [0.15, 0.2) is 16.7 Å². The van der Waals surface area contributed by atoms with Crippen LogP contribution < -0.4 is 0 Å². The van der Waals surface area contributed by atoms with Crippen LogP contribution in [0.1, 0.15) is 16.1 Å². The molecule has 0 N–H and O–H groups in total. The van der Waals surface area contributed by atoms with Gasteiger partial charge in [0.15, 0.2) is 5.78 Å². The van der Waals surface area contributed by atoms with Crippen molar-refractivity contribution in [2.75, 3.05) is 0 Å². The summed E-state index contributed by atoms with van der Waals surface area (Å²) >= 11 is 0. The van der Waals surface area contributed by atoms with Crippen molar-refractivity contribution < 1.29 is 9.21 Å². The molecule has 0 aromatic carbocycles. The Kier molecular flexibility index (Phi) is 1.39. The van der Waals surface area contributed by atoms with Crippen LogP contribution in [0.4, 0.5) is 0 Å². The van der Waals surface area contributed by atoms with Crippen molar-refractivity contribution in [2.24, 2.45) is 0 Å². The molecular weight excluding hydrogens is 116 g/mol. The fourth-order valence-corrected chi connectivity index (χ4v) is 0.641. The second-order valence-electron chi connectivity index (χ2n) is 1.75. The number of rotatable bonds is 1. The molecule has 2 heteroatoms. The maximum Gasteiger partial charge on any atom is 0.170 e. The minimum Gasteiger partial charge on any atom is -0.469 e. The van der Waals surface area contributed by atoms with Crippen LogP contribution >= 0.6 is 0 Å². The summed E-state index contributed by atoms with van der Waals surface area (Å²) in [6.07, 6.45) is 1.44. The smallest absolute Gasteiger partial charge is 0.170 e. The lowest BCUT2D eigenvalue weighted by molar-refractivity contribution is 0.104. The van der Waals surface area contributed by atoms with Gasteiger partial charge in [-0.2, -0.15) is 0 Å². The van der Waals surface area contributed by atoms with Crippen molar-refractivity contribution in [3.8, 4) is 0 Å². The number of ketones is 1. The van der Waals surface area contributed by atoms with Crippen LogP contribution in [0.5, 0.6) is 0 Å². The second kappa shape index (κ2) is 2.05. The van der Waals surface area contributed by atoms with Crippen LogP contribution in [-0.4, -0.2) is 5.78 Å². The van der Waals surface area contributed by atoms with Crippen molar-refractivity contribution in [2.45, 2.75) is 6.92 Å². The maximum atomic E-state index is 10.4. The molecule has 46 valence electrons. The fourth-order valence-electron chi connectivity index (χ4n) is 0.641. The van der Waals surface area contributed by atoms with Gasteiger partial charge in [0.05, 0.1) is 11.8 Å². The SMILES string of the molecule is [CH]C(=O)c1ccoc1C. The van der Waals surface area contributed by atoms with Crippen LogP contribution in [0.3, 0.4) is 0 Å². The molecule has 9 heavy (non-hydrogen) atoms. The van der Waals surface area contributed by atoms with Gasteiger partial charge < -0.3 is 4.42 Å². The van der Waals surface area contributed by atoms with E-state index in [-0.39, 0.29) is 0 Å². The molecule has 0 fully saturated rings. The second-order valence-corrected chi connectivity index (χ2v) is 1.75. The number of hydrogen-bond donors (Lipinski definition) is 0. The summed E-state index contributed by atoms with van der Waals surface area (Å²) < 4.78 is 4.82. The van der Waals surface area contributed by atoms with Gasteiger partial charge in [0.25, 0.3) is 0 Å². The van der Waals surface area contributed by atoms with E-state index < -0.39 is 5.78 Å². The lowest BCUT2D eigenvalue weighted by Gasteiger charge is -1.86. The highest BCUT2D eigenvalue weighted by Crippen LogP contribution is 2.07. The van der Waals surface area contributed by atoms with E-state index in [2.05, 4.69) is 0 Å². The molecule has 0 saturated carbocycles. The minimum absolute atomic E-state index is 0.443. The Labute approximate surface area is 53.5 Å². The van der Waals surface area contributed by atoms with Gasteiger partial charge in [0.1, 0.15) is 5.76 Å². The predicted octanol–water partition coefficient (Wildman–Crippen LogP) is 1.48. The Hall–Kier alpha value is -1.05. The first-order valence-corrected chi connectivity index (χ1v) is 2.55. The molecule has 1 aromatic heterocycles. The zero-order valence-electron chi connectivity index (χ0n) is 5.05. The fraction of sp³-hybridized carbons (Fsp3) is 0.143. The highest BCUT2D eigenvalue weighted by Gasteiger charge is 2.04. The molecule has 0 amide bonds. The zero-order valence-corrected chi connectivity index (χ0v) is 5.05. The largest absolute Gasteiger partial charge is 0.469 e. The van der Waals surface area contributed by atoms with Crippen LogP contribution in [0.25, 0.3) is 0 Å². The first-order valence-electron chi connectivity index (χ1n) is 2.55. The van der Waals surface area contributed by atoms with Crippen LogP contribution in [0.2, 0.25) is 0 Å². The third-order valence-corrected chi connectivity index (χ3v) is 1.12. The standard InChI is InChI=1S/C7H6O2/c1-5(8)7-3-4-9-6(7)2/h1,3-4H,2H3. The number of hydrogen-bond acceptors (Lipinski definition) is 2. The van der Waals surface area contributed by atoms with Gasteiger partial charge in [-0.05, 0) is 13.0 Å². The first kappa shape index (κ1) is 6.08. The molecule has 2 radical (unpaired) electrons. The number of carbonyl (C=O) groups excluding carboxylic acids is 1. The molecule has 0 bridgehead atoms. The summed E-state index contributed by atoms with van der Waals surface area (Å²) in [5.74, 6) is 0.128. The van der Waals surface area contributed by atoms with E-state index in [4.69, 9.17) is 11.3 Å². The number of furan rings is 1. The molecule has 0 atom stereocenters. The highest BCUT2D eigenvalue weighted by atomic mass is 16.3. The molecule has 1 heterocycles. The van der Waals surface area contributed by atoms with Gasteiger partial charge in [-0.25, -0.2) is 0 Å². The van der Waals surface area contributed by atoms with Gasteiger partial charge in [0.2, 0.25) is 0 Å². The summed E-state index contributed by atoms with van der Waals surface area (Å²) in [4.78, 5) is 10.4. The highest BCUT2D eigenvalue weighted by molar-refractivity contribution is 5.99. The van der Waals surface area contributed by atoms with Gasteiger partial charge in [-0.3, -0.25) is 4.79 Å². The molecule has 0 spiro atoms. The third kappa shape index (κ3) is 1.02. The predicted molar refractivity (Wildman–Crippen MR) is 32.1 cm³/mol. The Morgan fingerprint density at radius 3 is 2.67 bits per heavy atom. The Morgan fingerprint density at radius 2 is 2.44 bits per heavy atom. The lowest BCUT2D eigenvalue weighted by Crippen LogP contribution is -1.90. The van der Waals surface area contributed by atoms with Crippen LogP contribution in [0, 0.1) is 13.8 Å². The molecular formula is C7H6O2. The van der Waals surface area contributed by atoms with E-state index in [1.54, 1.807) is 13.0 Å². The lowest BCUT2D eigenvalue weighted by atomic mass is 10.2. The molecule has 2 nitrogen and oxygen atoms in total. The maximum absolute atomic E-state index is 10.4. The van der Waals surface area contributed by atoms with E-state index in [0.29, 0.717) is 11.3 Å². The van der Waals surface area contributed by atoms with Crippen LogP contribution in [-0.2, 0) is 0 Å². The minimum atomic E-state index is -0.443. The number of aryl methyl sites for hydroxylation is 1. The molecule has 0 aliphatic carbocycles. The Balaban J connectivity index is 3.08. The average Bonchev–Trinajstić information content (AvgIpc) is 2.13. The number of carbonyl (C=O) groups is 1. The summed E-state index contributed by atoms with van der Waals surface area (Å²) in [5.41, 5.74) is 0.454. The van der Waals surface area contributed by atoms with E-state index in [0.717, 1.165) is 0 Å². The molecule has 0 unspecified atom stereocenters. The number of Topliss-reactive ketones (excluding diaryl/α,β-unsaturated/α-hetero) is 1. The van der Waals surface area contributed by atoms with E-state index in [1.165, 1.54) is 6.26 Å². The molecule has 1 rings (SSSR count). The van der Waals surface area contributed by atoms with Crippen molar-refractivity contribution in [1.82, 2.24) is 0 Å². The molecule has 0 saturated heterocycles. The molecule has 0 aliphatic heterocycles. The normalized spacial score (nSPS) is 9.56. The molecule has 1 aromatic rings. The summed E-state index contributed by atoms with van der Waals surface area (Å²) in [5, 5.41) is 0. The monoisotopic (exact) mass is 122 g/mol.